The Labute approximate surface area is 102 Å². The number of rotatable bonds is 3. The molecule has 1 amide bonds. The summed E-state index contributed by atoms with van der Waals surface area (Å²) in [6.45, 7) is 3.73. The highest BCUT2D eigenvalue weighted by Gasteiger charge is 2.20. The summed E-state index contributed by atoms with van der Waals surface area (Å²) in [5, 5.41) is 21.9. The van der Waals surface area contributed by atoms with Gasteiger partial charge in [0, 0.05) is 22.5 Å². The zero-order chi connectivity index (χ0) is 12.3. The van der Waals surface area contributed by atoms with Crippen LogP contribution in [0.25, 0.3) is 0 Å². The Hall–Kier alpha value is -1.23. The number of amides is 1. The maximum absolute atomic E-state index is 11.8. The van der Waals surface area contributed by atoms with Crippen molar-refractivity contribution in [3.05, 3.63) is 23.8 Å². The summed E-state index contributed by atoms with van der Waals surface area (Å²) >= 11 is 3.29. The van der Waals surface area contributed by atoms with E-state index in [0.717, 1.165) is 0 Å². The van der Waals surface area contributed by atoms with Gasteiger partial charge in [0.05, 0.1) is 0 Å². The number of hydrogen-bond acceptors (Lipinski definition) is 3. The largest absolute Gasteiger partial charge is 0.508 e. The molecule has 0 aliphatic rings. The average molecular weight is 288 g/mol. The topological polar surface area (TPSA) is 69.6 Å². The van der Waals surface area contributed by atoms with E-state index in [2.05, 4.69) is 21.2 Å². The fourth-order valence-corrected chi connectivity index (χ4v) is 1.28. The second-order valence-corrected chi connectivity index (χ2v) is 4.77. The van der Waals surface area contributed by atoms with Crippen LogP contribution in [0.3, 0.4) is 0 Å². The van der Waals surface area contributed by atoms with Crippen LogP contribution >= 0.6 is 15.9 Å². The molecule has 0 atom stereocenters. The molecule has 88 valence electrons. The minimum Gasteiger partial charge on any atom is -0.508 e. The Balaban J connectivity index is 2.89. The summed E-state index contributed by atoms with van der Waals surface area (Å²) in [5.41, 5.74) is -0.162. The third-order valence-corrected chi connectivity index (χ3v) is 3.35. The van der Waals surface area contributed by atoms with Crippen LogP contribution in [-0.2, 0) is 0 Å². The highest BCUT2D eigenvalue weighted by molar-refractivity contribution is 9.09. The molecular weight excluding hydrogens is 274 g/mol. The molecule has 0 unspecified atom stereocenters. The number of alkyl halides is 1. The minimum atomic E-state index is -0.391. The molecule has 16 heavy (non-hydrogen) atoms. The Morgan fingerprint density at radius 1 is 1.31 bits per heavy atom. The number of hydrogen-bond donors (Lipinski definition) is 3. The molecule has 0 bridgehead atoms. The first-order valence-corrected chi connectivity index (χ1v) is 5.88. The van der Waals surface area contributed by atoms with Gasteiger partial charge in [0.15, 0.2) is 0 Å². The first-order valence-electron chi connectivity index (χ1n) is 4.75. The third kappa shape index (κ3) is 3.41. The van der Waals surface area contributed by atoms with Crippen molar-refractivity contribution >= 4 is 21.8 Å². The Bertz CT molecular complexity index is 384. The van der Waals surface area contributed by atoms with Gasteiger partial charge in [0.2, 0.25) is 0 Å². The summed E-state index contributed by atoms with van der Waals surface area (Å²) in [7, 11) is 0. The molecule has 0 fully saturated rings. The maximum Gasteiger partial charge on any atom is 0.251 e. The number of carbonyl (C=O) groups is 1. The van der Waals surface area contributed by atoms with Crippen molar-refractivity contribution in [1.29, 1.82) is 0 Å². The van der Waals surface area contributed by atoms with Crippen LogP contribution in [0.1, 0.15) is 24.2 Å². The van der Waals surface area contributed by atoms with Gasteiger partial charge in [-0.25, -0.2) is 0 Å². The molecule has 3 N–H and O–H groups in total. The maximum atomic E-state index is 11.8. The van der Waals surface area contributed by atoms with Crippen LogP contribution < -0.4 is 5.32 Å². The van der Waals surface area contributed by atoms with Crippen LogP contribution in [0, 0.1) is 0 Å². The molecule has 0 aliphatic carbocycles. The van der Waals surface area contributed by atoms with Gasteiger partial charge in [0.1, 0.15) is 11.5 Å². The van der Waals surface area contributed by atoms with Crippen molar-refractivity contribution in [2.45, 2.75) is 19.4 Å². The van der Waals surface area contributed by atoms with E-state index in [-0.39, 0.29) is 23.0 Å². The molecule has 1 rings (SSSR count). The minimum absolute atomic E-state index is 0.137. The normalized spacial score (nSPS) is 11.2. The van der Waals surface area contributed by atoms with E-state index in [1.807, 2.05) is 13.8 Å². The second-order valence-electron chi connectivity index (χ2n) is 4.21. The molecule has 4 nitrogen and oxygen atoms in total. The van der Waals surface area contributed by atoms with Crippen molar-refractivity contribution in [1.82, 2.24) is 5.32 Å². The first kappa shape index (κ1) is 12.8. The summed E-state index contributed by atoms with van der Waals surface area (Å²) in [4.78, 5) is 11.8. The van der Waals surface area contributed by atoms with Gasteiger partial charge in [-0.05, 0) is 26.0 Å². The highest BCUT2D eigenvalue weighted by Crippen LogP contribution is 2.20. The zero-order valence-electron chi connectivity index (χ0n) is 9.12. The van der Waals surface area contributed by atoms with Gasteiger partial charge < -0.3 is 15.5 Å². The fourth-order valence-electron chi connectivity index (χ4n) is 1.14. The molecule has 0 saturated heterocycles. The van der Waals surface area contributed by atoms with E-state index >= 15 is 0 Å². The number of nitrogens with one attached hydrogen (secondary N) is 1. The molecule has 1 aromatic carbocycles. The Morgan fingerprint density at radius 3 is 2.25 bits per heavy atom. The number of phenols is 2. The van der Waals surface area contributed by atoms with Crippen LogP contribution in [0.15, 0.2) is 18.2 Å². The molecule has 0 saturated carbocycles. The van der Waals surface area contributed by atoms with E-state index in [9.17, 15) is 15.0 Å². The lowest BCUT2D eigenvalue weighted by molar-refractivity contribution is 0.0920. The lowest BCUT2D eigenvalue weighted by atomic mass is 10.1. The van der Waals surface area contributed by atoms with Crippen LogP contribution in [0.4, 0.5) is 0 Å². The van der Waals surface area contributed by atoms with E-state index in [0.29, 0.717) is 5.33 Å². The fraction of sp³-hybridized carbons (Fsp3) is 0.364. The van der Waals surface area contributed by atoms with Crippen LogP contribution in [0.5, 0.6) is 11.5 Å². The molecule has 0 radical (unpaired) electrons. The number of aromatic hydroxyl groups is 2. The molecule has 0 spiro atoms. The third-order valence-electron chi connectivity index (χ3n) is 1.95. The van der Waals surface area contributed by atoms with Gasteiger partial charge in [-0.3, -0.25) is 4.79 Å². The molecule has 0 aliphatic heterocycles. The monoisotopic (exact) mass is 287 g/mol. The summed E-state index contributed by atoms with van der Waals surface area (Å²) in [6.07, 6.45) is 0. The molecular formula is C11H14BrNO3. The van der Waals surface area contributed by atoms with Gasteiger partial charge in [0.25, 0.3) is 5.91 Å². The van der Waals surface area contributed by atoms with Gasteiger partial charge in [-0.1, -0.05) is 15.9 Å². The van der Waals surface area contributed by atoms with Crippen molar-refractivity contribution in [3.63, 3.8) is 0 Å². The van der Waals surface area contributed by atoms with Crippen molar-refractivity contribution < 1.29 is 15.0 Å². The van der Waals surface area contributed by atoms with E-state index in [4.69, 9.17) is 0 Å². The summed E-state index contributed by atoms with van der Waals surface area (Å²) in [5.74, 6) is -0.612. The second kappa shape index (κ2) is 4.74. The van der Waals surface area contributed by atoms with Crippen molar-refractivity contribution in [3.8, 4) is 11.5 Å². The smallest absolute Gasteiger partial charge is 0.251 e. The van der Waals surface area contributed by atoms with E-state index in [1.165, 1.54) is 18.2 Å². The van der Waals surface area contributed by atoms with Gasteiger partial charge in [-0.2, -0.15) is 0 Å². The average Bonchev–Trinajstić information content (AvgIpc) is 2.15. The lowest BCUT2D eigenvalue weighted by Gasteiger charge is -2.23. The lowest BCUT2D eigenvalue weighted by Crippen LogP contribution is -2.44. The molecule has 0 aromatic heterocycles. The predicted molar refractivity (Wildman–Crippen MR) is 65.1 cm³/mol. The first-order chi connectivity index (χ1) is 7.34. The SMILES string of the molecule is CC(C)(CBr)NC(=O)c1cc(O)cc(O)c1. The molecule has 5 heteroatoms. The van der Waals surface area contributed by atoms with Crippen LogP contribution in [-0.4, -0.2) is 27.0 Å². The Kier molecular flexibility index (Phi) is 3.80. The standard InChI is InChI=1S/C11H14BrNO3/c1-11(2,6-12)13-10(16)7-3-8(14)5-9(15)4-7/h3-5,14-15H,6H2,1-2H3,(H,13,16). The number of halogens is 1. The number of phenolic OH excluding ortho intramolecular Hbond substituents is 2. The van der Waals surface area contributed by atoms with E-state index < -0.39 is 5.54 Å². The molecule has 0 heterocycles. The van der Waals surface area contributed by atoms with E-state index in [1.54, 1.807) is 0 Å². The zero-order valence-corrected chi connectivity index (χ0v) is 10.7. The van der Waals surface area contributed by atoms with Crippen LogP contribution in [0.2, 0.25) is 0 Å². The Morgan fingerprint density at radius 2 is 1.81 bits per heavy atom. The van der Waals surface area contributed by atoms with Gasteiger partial charge >= 0.3 is 0 Å². The number of carbonyl (C=O) groups excluding carboxylic acids is 1. The summed E-state index contributed by atoms with van der Waals surface area (Å²) in [6, 6.07) is 3.78. The highest BCUT2D eigenvalue weighted by atomic mass is 79.9. The molecule has 1 aromatic rings. The quantitative estimate of drug-likeness (QED) is 0.745. The predicted octanol–water partition coefficient (Wildman–Crippen LogP) is 2.00. The summed E-state index contributed by atoms with van der Waals surface area (Å²) < 4.78 is 0. The van der Waals surface area contributed by atoms with Crippen molar-refractivity contribution in [2.24, 2.45) is 0 Å². The van der Waals surface area contributed by atoms with Crippen molar-refractivity contribution in [2.75, 3.05) is 5.33 Å². The number of benzene rings is 1. The van der Waals surface area contributed by atoms with Gasteiger partial charge in [-0.15, -0.1) is 0 Å².